The van der Waals surface area contributed by atoms with Gasteiger partial charge in [0.25, 0.3) is 0 Å². The van der Waals surface area contributed by atoms with Gasteiger partial charge in [0, 0.05) is 18.6 Å². The molecule has 0 bridgehead atoms. The molecular formula is C16H20F6N2. The standard InChI is InChI=1S/C16H20F6N2/c1-2-13-8-14(3-4-23-13)24-9-10-5-11(15(17,18)19)7-12(6-10)16(20,21)22/h5-7,13-14,23-24H,2-4,8-9H2,1H3/t13-,14-/m1/s1. The van der Waals surface area contributed by atoms with Gasteiger partial charge in [-0.25, -0.2) is 0 Å². The summed E-state index contributed by atoms with van der Waals surface area (Å²) in [6.07, 6.45) is -7.08. The predicted molar refractivity (Wildman–Crippen MR) is 78.4 cm³/mol. The van der Waals surface area contributed by atoms with Gasteiger partial charge in [-0.2, -0.15) is 26.3 Å². The zero-order valence-electron chi connectivity index (χ0n) is 13.2. The molecule has 0 unspecified atom stereocenters. The number of hydrogen-bond donors (Lipinski definition) is 2. The zero-order chi connectivity index (χ0) is 18.0. The van der Waals surface area contributed by atoms with Crippen molar-refractivity contribution >= 4 is 0 Å². The molecule has 1 fully saturated rings. The van der Waals surface area contributed by atoms with Crippen LogP contribution in [0.1, 0.15) is 42.9 Å². The van der Waals surface area contributed by atoms with Crippen LogP contribution in [0.4, 0.5) is 26.3 Å². The quantitative estimate of drug-likeness (QED) is 0.786. The first-order valence-corrected chi connectivity index (χ1v) is 7.84. The van der Waals surface area contributed by atoms with Crippen LogP contribution in [-0.4, -0.2) is 18.6 Å². The second kappa shape index (κ2) is 7.31. The zero-order valence-corrected chi connectivity index (χ0v) is 13.2. The number of piperidine rings is 1. The summed E-state index contributed by atoms with van der Waals surface area (Å²) < 4.78 is 77.0. The van der Waals surface area contributed by atoms with Crippen LogP contribution in [-0.2, 0) is 18.9 Å². The van der Waals surface area contributed by atoms with E-state index >= 15 is 0 Å². The van der Waals surface area contributed by atoms with Crippen LogP contribution in [0.15, 0.2) is 18.2 Å². The summed E-state index contributed by atoms with van der Waals surface area (Å²) in [4.78, 5) is 0. The Morgan fingerprint density at radius 1 is 1.04 bits per heavy atom. The maximum absolute atomic E-state index is 12.8. The van der Waals surface area contributed by atoms with Crippen molar-refractivity contribution in [1.82, 2.24) is 10.6 Å². The summed E-state index contributed by atoms with van der Waals surface area (Å²) in [6, 6.07) is 2.12. The van der Waals surface area contributed by atoms with Crippen LogP contribution in [0.3, 0.4) is 0 Å². The van der Waals surface area contributed by atoms with Crippen molar-refractivity contribution in [2.75, 3.05) is 6.54 Å². The highest BCUT2D eigenvalue weighted by Gasteiger charge is 2.36. The van der Waals surface area contributed by atoms with Gasteiger partial charge >= 0.3 is 12.4 Å². The van der Waals surface area contributed by atoms with E-state index in [0.29, 0.717) is 6.04 Å². The fraction of sp³-hybridized carbons (Fsp3) is 0.625. The van der Waals surface area contributed by atoms with Crippen molar-refractivity contribution in [3.8, 4) is 0 Å². The minimum atomic E-state index is -4.81. The lowest BCUT2D eigenvalue weighted by Crippen LogP contribution is -2.45. The van der Waals surface area contributed by atoms with E-state index < -0.39 is 23.5 Å². The highest BCUT2D eigenvalue weighted by molar-refractivity contribution is 5.33. The number of alkyl halides is 6. The van der Waals surface area contributed by atoms with Gasteiger partial charge in [0.15, 0.2) is 0 Å². The molecule has 0 aromatic heterocycles. The molecule has 0 saturated carbocycles. The van der Waals surface area contributed by atoms with E-state index in [2.05, 4.69) is 10.6 Å². The third kappa shape index (κ3) is 5.11. The molecule has 1 aliphatic heterocycles. The average molecular weight is 354 g/mol. The van der Waals surface area contributed by atoms with Gasteiger partial charge in [-0.3, -0.25) is 0 Å². The lowest BCUT2D eigenvalue weighted by molar-refractivity contribution is -0.143. The van der Waals surface area contributed by atoms with Gasteiger partial charge in [0.1, 0.15) is 0 Å². The number of rotatable bonds is 4. The number of nitrogens with one attached hydrogen (secondary N) is 2. The summed E-state index contributed by atoms with van der Waals surface area (Å²) in [6.45, 7) is 2.79. The fourth-order valence-corrected chi connectivity index (χ4v) is 2.89. The SMILES string of the molecule is CC[C@@H]1C[C@H](NCc2cc(C(F)(F)F)cc(C(F)(F)F)c2)CCN1. The third-order valence-electron chi connectivity index (χ3n) is 4.23. The Kier molecular flexibility index (Phi) is 5.80. The fourth-order valence-electron chi connectivity index (χ4n) is 2.89. The Balaban J connectivity index is 2.14. The molecule has 0 radical (unpaired) electrons. The lowest BCUT2D eigenvalue weighted by atomic mass is 9.97. The Hall–Kier alpha value is -1.28. The molecule has 1 aromatic rings. The molecule has 1 saturated heterocycles. The summed E-state index contributed by atoms with van der Waals surface area (Å²) in [5.74, 6) is 0. The Bertz CT molecular complexity index is 520. The number of halogens is 6. The Morgan fingerprint density at radius 3 is 2.12 bits per heavy atom. The van der Waals surface area contributed by atoms with Crippen molar-refractivity contribution in [3.05, 3.63) is 34.9 Å². The van der Waals surface area contributed by atoms with E-state index in [1.807, 2.05) is 6.92 Å². The lowest BCUT2D eigenvalue weighted by Gasteiger charge is -2.30. The highest BCUT2D eigenvalue weighted by Crippen LogP contribution is 2.36. The minimum Gasteiger partial charge on any atom is -0.314 e. The smallest absolute Gasteiger partial charge is 0.314 e. The van der Waals surface area contributed by atoms with E-state index in [0.717, 1.165) is 37.9 Å². The molecule has 2 rings (SSSR count). The number of hydrogen-bond acceptors (Lipinski definition) is 2. The van der Waals surface area contributed by atoms with Gasteiger partial charge in [-0.1, -0.05) is 6.92 Å². The van der Waals surface area contributed by atoms with E-state index in [1.54, 1.807) is 0 Å². The maximum atomic E-state index is 12.8. The third-order valence-corrected chi connectivity index (χ3v) is 4.23. The molecule has 136 valence electrons. The first kappa shape index (κ1) is 19.1. The van der Waals surface area contributed by atoms with Gasteiger partial charge in [-0.15, -0.1) is 0 Å². The van der Waals surface area contributed by atoms with E-state index in [-0.39, 0.29) is 24.2 Å². The van der Waals surface area contributed by atoms with Crippen LogP contribution in [0.5, 0.6) is 0 Å². The largest absolute Gasteiger partial charge is 0.416 e. The van der Waals surface area contributed by atoms with Crippen molar-refractivity contribution in [3.63, 3.8) is 0 Å². The maximum Gasteiger partial charge on any atom is 0.416 e. The molecule has 24 heavy (non-hydrogen) atoms. The molecule has 0 amide bonds. The van der Waals surface area contributed by atoms with Crippen molar-refractivity contribution < 1.29 is 26.3 Å². The summed E-state index contributed by atoms with van der Waals surface area (Å²) >= 11 is 0. The average Bonchev–Trinajstić information content (AvgIpc) is 2.51. The Labute approximate surface area is 136 Å². The monoisotopic (exact) mass is 354 g/mol. The van der Waals surface area contributed by atoms with Crippen LogP contribution in [0.2, 0.25) is 0 Å². The topological polar surface area (TPSA) is 24.1 Å². The summed E-state index contributed by atoms with van der Waals surface area (Å²) in [7, 11) is 0. The van der Waals surface area contributed by atoms with Crippen molar-refractivity contribution in [2.45, 2.75) is 57.2 Å². The Morgan fingerprint density at radius 2 is 1.62 bits per heavy atom. The minimum absolute atomic E-state index is 0.0104. The van der Waals surface area contributed by atoms with E-state index in [9.17, 15) is 26.3 Å². The normalized spacial score (nSPS) is 22.6. The van der Waals surface area contributed by atoms with Gasteiger partial charge < -0.3 is 10.6 Å². The highest BCUT2D eigenvalue weighted by atomic mass is 19.4. The van der Waals surface area contributed by atoms with Crippen LogP contribution < -0.4 is 10.6 Å². The van der Waals surface area contributed by atoms with E-state index in [4.69, 9.17) is 0 Å². The second-order valence-electron chi connectivity index (χ2n) is 6.08. The molecule has 0 spiro atoms. The second-order valence-corrected chi connectivity index (χ2v) is 6.08. The molecular weight excluding hydrogens is 334 g/mol. The van der Waals surface area contributed by atoms with E-state index in [1.165, 1.54) is 0 Å². The molecule has 8 heteroatoms. The summed E-state index contributed by atoms with van der Waals surface area (Å²) in [5, 5.41) is 6.40. The molecule has 2 nitrogen and oxygen atoms in total. The first-order valence-electron chi connectivity index (χ1n) is 7.84. The van der Waals surface area contributed by atoms with Gasteiger partial charge in [-0.05, 0) is 49.6 Å². The molecule has 2 atom stereocenters. The molecule has 1 aromatic carbocycles. The molecule has 1 aliphatic rings. The van der Waals surface area contributed by atoms with Crippen LogP contribution >= 0.6 is 0 Å². The van der Waals surface area contributed by atoms with Gasteiger partial charge in [0.05, 0.1) is 11.1 Å². The molecule has 2 N–H and O–H groups in total. The molecule has 1 heterocycles. The van der Waals surface area contributed by atoms with Crippen molar-refractivity contribution in [2.24, 2.45) is 0 Å². The van der Waals surface area contributed by atoms with Gasteiger partial charge in [0.2, 0.25) is 0 Å². The van der Waals surface area contributed by atoms with Crippen LogP contribution in [0, 0.1) is 0 Å². The first-order chi connectivity index (χ1) is 11.1. The van der Waals surface area contributed by atoms with Crippen molar-refractivity contribution in [1.29, 1.82) is 0 Å². The number of benzene rings is 1. The predicted octanol–water partition coefficient (Wildman–Crippen LogP) is 4.34. The molecule has 0 aliphatic carbocycles. The summed E-state index contributed by atoms with van der Waals surface area (Å²) in [5.41, 5.74) is -2.56. The van der Waals surface area contributed by atoms with Crippen LogP contribution in [0.25, 0.3) is 0 Å².